The lowest BCUT2D eigenvalue weighted by molar-refractivity contribution is -0.119. The normalized spacial score (nSPS) is 18.0. The van der Waals surface area contributed by atoms with Crippen LogP contribution in [0.3, 0.4) is 0 Å². The van der Waals surface area contributed by atoms with Crippen LogP contribution in [0.4, 0.5) is 26.2 Å². The van der Waals surface area contributed by atoms with E-state index in [1.165, 1.54) is 17.9 Å². The van der Waals surface area contributed by atoms with Crippen LogP contribution < -0.4 is 20.4 Å². The summed E-state index contributed by atoms with van der Waals surface area (Å²) in [4.78, 5) is 28.7. The predicted molar refractivity (Wildman–Crippen MR) is 137 cm³/mol. The van der Waals surface area contributed by atoms with Crippen LogP contribution in [0.2, 0.25) is 0 Å². The zero-order valence-electron chi connectivity index (χ0n) is 18.6. The van der Waals surface area contributed by atoms with Crippen LogP contribution >= 0.6 is 28.1 Å². The standard InChI is InChI=1S/C23H25BrFN5O3S/c1-15(31)26-13-19-14-30(23(32)33-19)18-6-7-21(20(25)12-18)28-8-10-29(11-9-28)22(34)27-17-4-2-16(24)3-5-17/h2-7,12,19H,8-11,13-14H2,1H3,(H,26,31)(H,27,34)/t19-/m0/s1. The number of cyclic esters (lactones) is 1. The molecule has 2 aromatic carbocycles. The van der Waals surface area contributed by atoms with Crippen LogP contribution in [-0.4, -0.2) is 67.4 Å². The number of thiocarbonyl (C=S) groups is 1. The van der Waals surface area contributed by atoms with Crippen LogP contribution in [0.1, 0.15) is 6.92 Å². The lowest BCUT2D eigenvalue weighted by Gasteiger charge is -2.37. The van der Waals surface area contributed by atoms with Gasteiger partial charge in [-0.2, -0.15) is 0 Å². The van der Waals surface area contributed by atoms with E-state index in [1.807, 2.05) is 29.2 Å². The van der Waals surface area contributed by atoms with E-state index in [4.69, 9.17) is 17.0 Å². The van der Waals surface area contributed by atoms with Crippen molar-refractivity contribution in [3.63, 3.8) is 0 Å². The Morgan fingerprint density at radius 3 is 2.53 bits per heavy atom. The second-order valence-electron chi connectivity index (χ2n) is 8.10. The molecule has 0 saturated carbocycles. The van der Waals surface area contributed by atoms with Crippen molar-refractivity contribution in [1.82, 2.24) is 10.2 Å². The number of ether oxygens (including phenoxy) is 1. The molecule has 2 heterocycles. The average Bonchev–Trinajstić information content (AvgIpc) is 3.20. The van der Waals surface area contributed by atoms with E-state index >= 15 is 4.39 Å². The van der Waals surface area contributed by atoms with Gasteiger partial charge < -0.3 is 25.2 Å². The van der Waals surface area contributed by atoms with Crippen LogP contribution in [0.15, 0.2) is 46.9 Å². The van der Waals surface area contributed by atoms with E-state index in [1.54, 1.807) is 12.1 Å². The summed E-state index contributed by atoms with van der Waals surface area (Å²) < 4.78 is 21.3. The van der Waals surface area contributed by atoms with Gasteiger partial charge in [-0.25, -0.2) is 9.18 Å². The van der Waals surface area contributed by atoms with Crippen molar-refractivity contribution in [2.75, 3.05) is 54.4 Å². The van der Waals surface area contributed by atoms with E-state index in [0.717, 1.165) is 10.2 Å². The Kier molecular flexibility index (Phi) is 7.52. The van der Waals surface area contributed by atoms with Crippen molar-refractivity contribution >= 4 is 62.3 Å². The number of rotatable bonds is 5. The molecule has 2 fully saturated rings. The summed E-state index contributed by atoms with van der Waals surface area (Å²) in [5, 5.41) is 6.50. The second-order valence-corrected chi connectivity index (χ2v) is 9.40. The van der Waals surface area contributed by atoms with Gasteiger partial charge >= 0.3 is 6.09 Å². The molecule has 4 rings (SSSR count). The Balaban J connectivity index is 1.33. The fourth-order valence-electron chi connectivity index (χ4n) is 3.90. The van der Waals surface area contributed by atoms with Gasteiger partial charge in [0, 0.05) is 43.3 Å². The van der Waals surface area contributed by atoms with Gasteiger partial charge in [-0.05, 0) is 54.7 Å². The fourth-order valence-corrected chi connectivity index (χ4v) is 4.47. The summed E-state index contributed by atoms with van der Waals surface area (Å²) in [6.07, 6.45) is -1.02. The molecule has 2 saturated heterocycles. The van der Waals surface area contributed by atoms with Crippen LogP contribution in [0.5, 0.6) is 0 Å². The summed E-state index contributed by atoms with van der Waals surface area (Å²) in [5.74, 6) is -0.602. The monoisotopic (exact) mass is 549 g/mol. The first-order valence-corrected chi connectivity index (χ1v) is 12.1. The second kappa shape index (κ2) is 10.6. The highest BCUT2D eigenvalue weighted by Gasteiger charge is 2.33. The van der Waals surface area contributed by atoms with Gasteiger partial charge in [0.15, 0.2) is 5.11 Å². The van der Waals surface area contributed by atoms with E-state index < -0.39 is 18.0 Å². The Morgan fingerprint density at radius 2 is 1.88 bits per heavy atom. The van der Waals surface area contributed by atoms with Gasteiger partial charge in [0.05, 0.1) is 24.5 Å². The number of piperazine rings is 1. The summed E-state index contributed by atoms with van der Waals surface area (Å²) in [7, 11) is 0. The van der Waals surface area contributed by atoms with Gasteiger partial charge in [-0.1, -0.05) is 15.9 Å². The van der Waals surface area contributed by atoms with Gasteiger partial charge in [0.25, 0.3) is 0 Å². The number of nitrogens with one attached hydrogen (secondary N) is 2. The molecule has 2 amide bonds. The predicted octanol–water partition coefficient (Wildman–Crippen LogP) is 3.57. The molecule has 11 heteroatoms. The van der Waals surface area contributed by atoms with Gasteiger partial charge in [0.1, 0.15) is 11.9 Å². The summed E-state index contributed by atoms with van der Waals surface area (Å²) in [5.41, 5.74) is 1.82. The van der Waals surface area contributed by atoms with Crippen molar-refractivity contribution in [2.24, 2.45) is 0 Å². The maximum Gasteiger partial charge on any atom is 0.414 e. The molecule has 0 bridgehead atoms. The minimum absolute atomic E-state index is 0.199. The molecular weight excluding hydrogens is 525 g/mol. The maximum absolute atomic E-state index is 15.0. The Hall–Kier alpha value is -2.92. The quantitative estimate of drug-likeness (QED) is 0.552. The highest BCUT2D eigenvalue weighted by molar-refractivity contribution is 9.10. The number of halogens is 2. The number of hydrogen-bond acceptors (Lipinski definition) is 5. The highest BCUT2D eigenvalue weighted by atomic mass is 79.9. The van der Waals surface area contributed by atoms with Crippen LogP contribution in [0, 0.1) is 5.82 Å². The lowest BCUT2D eigenvalue weighted by Crippen LogP contribution is -2.50. The van der Waals surface area contributed by atoms with Gasteiger partial charge in [-0.3, -0.25) is 9.69 Å². The highest BCUT2D eigenvalue weighted by Crippen LogP contribution is 2.28. The van der Waals surface area contributed by atoms with Crippen molar-refractivity contribution in [3.05, 3.63) is 52.8 Å². The summed E-state index contributed by atoms with van der Waals surface area (Å²) in [6.45, 7) is 4.42. The molecule has 0 radical (unpaired) electrons. The number of nitrogens with zero attached hydrogens (tertiary/aromatic N) is 3. The fraction of sp³-hybridized carbons (Fsp3) is 0.348. The molecule has 8 nitrogen and oxygen atoms in total. The third kappa shape index (κ3) is 5.76. The van der Waals surface area contributed by atoms with Crippen LogP contribution in [0.25, 0.3) is 0 Å². The van der Waals surface area contributed by atoms with Gasteiger partial charge in [-0.15, -0.1) is 0 Å². The Morgan fingerprint density at radius 1 is 1.18 bits per heavy atom. The lowest BCUT2D eigenvalue weighted by atomic mass is 10.2. The van der Waals surface area contributed by atoms with Crippen molar-refractivity contribution < 1.29 is 18.7 Å². The van der Waals surface area contributed by atoms with E-state index in [9.17, 15) is 9.59 Å². The third-order valence-corrected chi connectivity index (χ3v) is 6.59. The largest absolute Gasteiger partial charge is 0.442 e. The van der Waals surface area contributed by atoms with E-state index in [2.05, 4.69) is 31.5 Å². The molecule has 2 aromatic rings. The van der Waals surface area contributed by atoms with Crippen molar-refractivity contribution in [2.45, 2.75) is 13.0 Å². The molecule has 1 atom stereocenters. The summed E-state index contributed by atoms with van der Waals surface area (Å²) in [6, 6.07) is 12.5. The summed E-state index contributed by atoms with van der Waals surface area (Å²) >= 11 is 8.96. The first-order valence-electron chi connectivity index (χ1n) is 10.9. The molecule has 0 aliphatic carbocycles. The zero-order valence-corrected chi connectivity index (χ0v) is 21.0. The maximum atomic E-state index is 15.0. The minimum Gasteiger partial charge on any atom is -0.442 e. The van der Waals surface area contributed by atoms with Crippen molar-refractivity contribution in [1.29, 1.82) is 0 Å². The number of carbonyl (C=O) groups is 2. The molecule has 0 unspecified atom stereocenters. The molecule has 180 valence electrons. The molecule has 2 aliphatic rings. The van der Waals surface area contributed by atoms with Crippen LogP contribution in [-0.2, 0) is 9.53 Å². The average molecular weight is 550 g/mol. The Labute approximate surface area is 211 Å². The van der Waals surface area contributed by atoms with Gasteiger partial charge in [0.2, 0.25) is 5.91 Å². The first-order chi connectivity index (χ1) is 16.3. The number of benzene rings is 2. The Bertz CT molecular complexity index is 1080. The molecule has 34 heavy (non-hydrogen) atoms. The SMILES string of the molecule is CC(=O)NC[C@H]1CN(c2ccc(N3CCN(C(=S)Nc4ccc(Br)cc4)CC3)c(F)c2)C(=O)O1. The number of anilines is 3. The number of amides is 2. The zero-order chi connectivity index (χ0) is 24.2. The van der Waals surface area contributed by atoms with Crippen molar-refractivity contribution in [3.8, 4) is 0 Å². The first kappa shape index (κ1) is 24.2. The smallest absolute Gasteiger partial charge is 0.414 e. The third-order valence-electron chi connectivity index (χ3n) is 5.70. The number of hydrogen-bond donors (Lipinski definition) is 2. The molecule has 2 aliphatic heterocycles. The number of carbonyl (C=O) groups excluding carboxylic acids is 2. The van der Waals surface area contributed by atoms with E-state index in [0.29, 0.717) is 42.7 Å². The molecule has 0 aromatic heterocycles. The molecule has 2 N–H and O–H groups in total. The topological polar surface area (TPSA) is 77.2 Å². The molecular formula is C23H25BrFN5O3S. The minimum atomic E-state index is -0.553. The van der Waals surface area contributed by atoms with E-state index in [-0.39, 0.29) is 19.0 Å². The molecule has 0 spiro atoms.